The van der Waals surface area contributed by atoms with Crippen molar-refractivity contribution in [1.29, 1.82) is 0 Å². The first-order valence-electron chi connectivity index (χ1n) is 4.65. The van der Waals surface area contributed by atoms with Crippen LogP contribution in [0.15, 0.2) is 12.1 Å². The summed E-state index contributed by atoms with van der Waals surface area (Å²) in [5, 5.41) is 0. The van der Waals surface area contributed by atoms with E-state index in [1.165, 1.54) is 6.92 Å². The molecule has 94 valence electrons. The minimum Gasteiger partial charge on any atom is -0.295 e. The first-order chi connectivity index (χ1) is 7.64. The molecule has 1 nitrogen and oxygen atoms in total. The van der Waals surface area contributed by atoms with Crippen molar-refractivity contribution in [3.8, 4) is 0 Å². The third-order valence-corrected chi connectivity index (χ3v) is 2.32. The maximum atomic E-state index is 12.5. The second kappa shape index (κ2) is 4.43. The van der Waals surface area contributed by atoms with Gasteiger partial charge in [0.15, 0.2) is 5.78 Å². The van der Waals surface area contributed by atoms with Crippen LogP contribution < -0.4 is 0 Å². The lowest BCUT2D eigenvalue weighted by Crippen LogP contribution is -2.12. The Kier molecular flexibility index (Phi) is 3.54. The van der Waals surface area contributed by atoms with Gasteiger partial charge in [-0.05, 0) is 31.5 Å². The topological polar surface area (TPSA) is 17.1 Å². The van der Waals surface area contributed by atoms with Crippen molar-refractivity contribution in [2.75, 3.05) is 0 Å². The predicted molar refractivity (Wildman–Crippen MR) is 51.1 cm³/mol. The van der Waals surface area contributed by atoms with E-state index in [2.05, 4.69) is 0 Å². The number of carbonyl (C=O) groups excluding carboxylic acids is 1. The van der Waals surface area contributed by atoms with Crippen LogP contribution in [0.4, 0.5) is 22.0 Å². The Bertz CT molecular complexity index is 448. The van der Waals surface area contributed by atoms with E-state index in [1.54, 1.807) is 0 Å². The quantitative estimate of drug-likeness (QED) is 0.570. The van der Waals surface area contributed by atoms with E-state index < -0.39 is 29.5 Å². The van der Waals surface area contributed by atoms with E-state index in [9.17, 15) is 26.7 Å². The van der Waals surface area contributed by atoms with Crippen LogP contribution >= 0.6 is 0 Å². The van der Waals surface area contributed by atoms with Gasteiger partial charge in [-0.3, -0.25) is 4.79 Å². The molecule has 0 N–H and O–H groups in total. The zero-order chi connectivity index (χ0) is 13.4. The van der Waals surface area contributed by atoms with Crippen LogP contribution in [-0.4, -0.2) is 5.78 Å². The summed E-state index contributed by atoms with van der Waals surface area (Å²) in [5.41, 5.74) is -2.63. The summed E-state index contributed by atoms with van der Waals surface area (Å²) in [6, 6.07) is 1.20. The molecule has 1 aromatic carbocycles. The fourth-order valence-corrected chi connectivity index (χ4v) is 1.54. The fourth-order valence-electron chi connectivity index (χ4n) is 1.54. The van der Waals surface area contributed by atoms with Crippen molar-refractivity contribution in [2.24, 2.45) is 0 Å². The van der Waals surface area contributed by atoms with E-state index in [0.717, 1.165) is 6.92 Å². The highest BCUT2D eigenvalue weighted by Gasteiger charge is 2.36. The molecule has 0 aliphatic carbocycles. The second-order valence-corrected chi connectivity index (χ2v) is 3.61. The van der Waals surface area contributed by atoms with Gasteiger partial charge in [0.1, 0.15) is 0 Å². The lowest BCUT2D eigenvalue weighted by Gasteiger charge is -2.15. The van der Waals surface area contributed by atoms with Crippen molar-refractivity contribution in [2.45, 2.75) is 26.4 Å². The lowest BCUT2D eigenvalue weighted by atomic mass is 9.97. The number of carbonyl (C=O) groups is 1. The number of Topliss-reactive ketones (excluding diaryl/α,β-unsaturated/α-hetero) is 1. The molecule has 0 radical (unpaired) electrons. The van der Waals surface area contributed by atoms with Gasteiger partial charge in [-0.1, -0.05) is 0 Å². The Morgan fingerprint density at radius 1 is 1.24 bits per heavy atom. The maximum Gasteiger partial charge on any atom is 0.416 e. The summed E-state index contributed by atoms with van der Waals surface area (Å²) < 4.78 is 62.6. The highest BCUT2D eigenvalue weighted by molar-refractivity contribution is 5.95. The number of hydrogen-bond acceptors (Lipinski definition) is 1. The molecule has 0 aliphatic rings. The number of aryl methyl sites for hydroxylation is 1. The highest BCUT2D eigenvalue weighted by atomic mass is 19.4. The van der Waals surface area contributed by atoms with Crippen LogP contribution in [0, 0.1) is 6.92 Å². The minimum atomic E-state index is -4.90. The molecule has 0 saturated carbocycles. The van der Waals surface area contributed by atoms with Gasteiger partial charge in [0.25, 0.3) is 6.43 Å². The molecule has 0 heterocycles. The van der Waals surface area contributed by atoms with Gasteiger partial charge in [-0.25, -0.2) is 8.78 Å². The van der Waals surface area contributed by atoms with Crippen LogP contribution in [0.2, 0.25) is 0 Å². The summed E-state index contributed by atoms with van der Waals surface area (Å²) in [4.78, 5) is 11.1. The van der Waals surface area contributed by atoms with E-state index in [1.807, 2.05) is 0 Å². The number of ketones is 1. The number of hydrogen-bond donors (Lipinski definition) is 0. The molecule has 17 heavy (non-hydrogen) atoms. The average molecular weight is 252 g/mol. The van der Waals surface area contributed by atoms with Gasteiger partial charge in [-0.15, -0.1) is 0 Å². The molecule has 0 fully saturated rings. The van der Waals surface area contributed by atoms with Gasteiger partial charge in [0.2, 0.25) is 0 Å². The monoisotopic (exact) mass is 252 g/mol. The number of halogens is 5. The molecule has 1 rings (SSSR count). The van der Waals surface area contributed by atoms with Crippen LogP contribution in [0.25, 0.3) is 0 Å². The van der Waals surface area contributed by atoms with Crippen LogP contribution in [-0.2, 0) is 6.18 Å². The molecule has 0 unspecified atom stereocenters. The summed E-state index contributed by atoms with van der Waals surface area (Å²) in [6.45, 7) is 2.41. The summed E-state index contributed by atoms with van der Waals surface area (Å²) in [6.07, 6.45) is -8.13. The normalized spacial score (nSPS) is 12.0. The second-order valence-electron chi connectivity index (χ2n) is 3.61. The minimum absolute atomic E-state index is 0.112. The Labute approximate surface area is 94.2 Å². The molecule has 0 aliphatic heterocycles. The number of rotatable bonds is 2. The van der Waals surface area contributed by atoms with Crippen molar-refractivity contribution in [3.63, 3.8) is 0 Å². The van der Waals surface area contributed by atoms with Gasteiger partial charge in [0.05, 0.1) is 5.56 Å². The van der Waals surface area contributed by atoms with Gasteiger partial charge in [-0.2, -0.15) is 13.2 Å². The largest absolute Gasteiger partial charge is 0.416 e. The van der Waals surface area contributed by atoms with E-state index >= 15 is 0 Å². The van der Waals surface area contributed by atoms with E-state index in [0.29, 0.717) is 12.1 Å². The number of benzene rings is 1. The summed E-state index contributed by atoms with van der Waals surface area (Å²) in [7, 11) is 0. The summed E-state index contributed by atoms with van der Waals surface area (Å²) >= 11 is 0. The van der Waals surface area contributed by atoms with Crippen molar-refractivity contribution >= 4 is 5.78 Å². The van der Waals surface area contributed by atoms with Gasteiger partial charge in [0, 0.05) is 11.1 Å². The molecule has 0 bridgehead atoms. The standard InChI is InChI=1S/C11H9F5O/c1-5-3-8(10(12)13)9(11(14,15)16)4-7(5)6(2)17/h3-4,10H,1-2H3. The number of alkyl halides is 5. The zero-order valence-electron chi connectivity index (χ0n) is 9.03. The van der Waals surface area contributed by atoms with Gasteiger partial charge < -0.3 is 0 Å². The maximum absolute atomic E-state index is 12.5. The molecule has 1 aromatic rings. The Morgan fingerprint density at radius 3 is 2.12 bits per heavy atom. The van der Waals surface area contributed by atoms with Crippen LogP contribution in [0.5, 0.6) is 0 Å². The highest BCUT2D eigenvalue weighted by Crippen LogP contribution is 2.37. The first kappa shape index (κ1) is 13.6. The Morgan fingerprint density at radius 2 is 1.76 bits per heavy atom. The first-order valence-corrected chi connectivity index (χ1v) is 4.65. The van der Waals surface area contributed by atoms with E-state index in [4.69, 9.17) is 0 Å². The molecular weight excluding hydrogens is 243 g/mol. The third kappa shape index (κ3) is 2.81. The molecule has 0 aromatic heterocycles. The predicted octanol–water partition coefficient (Wildman–Crippen LogP) is 4.15. The smallest absolute Gasteiger partial charge is 0.295 e. The van der Waals surface area contributed by atoms with Crippen molar-refractivity contribution in [1.82, 2.24) is 0 Å². The Balaban J connectivity index is 3.54. The molecule has 0 spiro atoms. The average Bonchev–Trinajstić information content (AvgIpc) is 2.14. The van der Waals surface area contributed by atoms with Crippen LogP contribution in [0.3, 0.4) is 0 Å². The van der Waals surface area contributed by atoms with Gasteiger partial charge >= 0.3 is 6.18 Å². The zero-order valence-corrected chi connectivity index (χ0v) is 9.03. The lowest BCUT2D eigenvalue weighted by molar-refractivity contribution is -0.139. The third-order valence-electron chi connectivity index (χ3n) is 2.32. The molecule has 0 saturated heterocycles. The van der Waals surface area contributed by atoms with Crippen molar-refractivity contribution < 1.29 is 26.7 Å². The Hall–Kier alpha value is -1.46. The summed E-state index contributed by atoms with van der Waals surface area (Å²) in [5.74, 6) is -0.589. The SMILES string of the molecule is CC(=O)c1cc(C(F)(F)F)c(C(F)F)cc1C. The van der Waals surface area contributed by atoms with Crippen LogP contribution in [0.1, 0.15) is 40.4 Å². The molecule has 0 amide bonds. The van der Waals surface area contributed by atoms with E-state index in [-0.39, 0.29) is 11.1 Å². The molecular formula is C11H9F5O. The molecule has 6 heteroatoms. The molecule has 0 atom stereocenters. The van der Waals surface area contributed by atoms with Crippen molar-refractivity contribution in [3.05, 3.63) is 34.4 Å². The fraction of sp³-hybridized carbons (Fsp3) is 0.364.